The molecule has 1 heterocycles. The smallest absolute Gasteiger partial charge is 0.233 e. The third kappa shape index (κ3) is 3.62. The summed E-state index contributed by atoms with van der Waals surface area (Å²) in [6.07, 6.45) is 1.52. The summed E-state index contributed by atoms with van der Waals surface area (Å²) >= 11 is 9.22. The Labute approximate surface area is 131 Å². The first-order chi connectivity index (χ1) is 9.63. The number of benzene rings is 1. The van der Waals surface area contributed by atoms with E-state index in [0.717, 1.165) is 5.56 Å². The molecule has 0 unspecified atom stereocenters. The van der Waals surface area contributed by atoms with Crippen LogP contribution < -0.4 is 15.2 Å². The molecule has 6 heteroatoms. The zero-order chi connectivity index (χ0) is 14.5. The maximum Gasteiger partial charge on any atom is 0.233 e. The molecular formula is C14H14BrClN2O2. The Morgan fingerprint density at radius 1 is 1.30 bits per heavy atom. The molecule has 2 aromatic rings. The van der Waals surface area contributed by atoms with Gasteiger partial charge in [0.2, 0.25) is 5.88 Å². The molecule has 0 aliphatic rings. The summed E-state index contributed by atoms with van der Waals surface area (Å²) < 4.78 is 12.0. The summed E-state index contributed by atoms with van der Waals surface area (Å²) in [6.45, 7) is 2.90. The van der Waals surface area contributed by atoms with Crippen molar-refractivity contribution in [3.63, 3.8) is 0 Å². The van der Waals surface area contributed by atoms with Crippen LogP contribution in [0.3, 0.4) is 0 Å². The van der Waals surface area contributed by atoms with Crippen molar-refractivity contribution in [3.8, 4) is 17.4 Å². The van der Waals surface area contributed by atoms with Gasteiger partial charge in [-0.1, -0.05) is 17.7 Å². The lowest BCUT2D eigenvalue weighted by molar-refractivity contribution is 0.319. The lowest BCUT2D eigenvalue weighted by atomic mass is 10.2. The highest BCUT2D eigenvalue weighted by Gasteiger charge is 2.11. The van der Waals surface area contributed by atoms with Crippen LogP contribution in [-0.2, 0) is 6.54 Å². The van der Waals surface area contributed by atoms with E-state index in [-0.39, 0.29) is 0 Å². The first-order valence-corrected chi connectivity index (χ1v) is 7.25. The van der Waals surface area contributed by atoms with Crippen LogP contribution in [0.2, 0.25) is 5.02 Å². The van der Waals surface area contributed by atoms with Crippen molar-refractivity contribution in [1.82, 2.24) is 4.98 Å². The Morgan fingerprint density at radius 2 is 2.10 bits per heavy atom. The summed E-state index contributed by atoms with van der Waals surface area (Å²) in [7, 11) is 0. The molecule has 0 amide bonds. The number of ether oxygens (including phenoxy) is 2. The first kappa shape index (κ1) is 15.1. The van der Waals surface area contributed by atoms with Gasteiger partial charge < -0.3 is 15.2 Å². The standard InChI is InChI=1S/C14H14BrClN2O2/c1-2-19-13-5-9(7-17)3-4-12(13)20-14-11(15)6-10(16)8-18-14/h3-6,8H,2,7,17H2,1H3. The number of nitrogens with two attached hydrogens (primary N) is 1. The number of rotatable bonds is 5. The van der Waals surface area contributed by atoms with Crippen molar-refractivity contribution < 1.29 is 9.47 Å². The quantitative estimate of drug-likeness (QED) is 0.873. The molecule has 2 rings (SSSR count). The number of hydrogen-bond acceptors (Lipinski definition) is 4. The zero-order valence-electron chi connectivity index (χ0n) is 10.9. The summed E-state index contributed by atoms with van der Waals surface area (Å²) in [5.74, 6) is 1.65. The second kappa shape index (κ2) is 6.92. The molecule has 0 spiro atoms. The van der Waals surface area contributed by atoms with E-state index in [4.69, 9.17) is 26.8 Å². The molecule has 0 aliphatic heterocycles. The van der Waals surface area contributed by atoms with Gasteiger partial charge in [0.25, 0.3) is 0 Å². The number of aromatic nitrogens is 1. The second-order valence-corrected chi connectivity index (χ2v) is 5.25. The van der Waals surface area contributed by atoms with Crippen LogP contribution in [-0.4, -0.2) is 11.6 Å². The highest BCUT2D eigenvalue weighted by molar-refractivity contribution is 9.10. The van der Waals surface area contributed by atoms with Gasteiger partial charge in [0.1, 0.15) is 0 Å². The Bertz CT molecular complexity index is 608. The van der Waals surface area contributed by atoms with Crippen LogP contribution in [0.4, 0.5) is 0 Å². The van der Waals surface area contributed by atoms with Crippen LogP contribution in [0.1, 0.15) is 12.5 Å². The summed E-state index contributed by atoms with van der Waals surface area (Å²) in [5, 5.41) is 0.535. The molecule has 106 valence electrons. The van der Waals surface area contributed by atoms with Crippen molar-refractivity contribution in [2.24, 2.45) is 5.73 Å². The fourth-order valence-corrected chi connectivity index (χ4v) is 2.33. The van der Waals surface area contributed by atoms with E-state index in [1.165, 1.54) is 6.20 Å². The maximum absolute atomic E-state index is 5.85. The molecule has 0 aliphatic carbocycles. The van der Waals surface area contributed by atoms with Gasteiger partial charge in [-0.05, 0) is 46.6 Å². The molecule has 0 radical (unpaired) electrons. The van der Waals surface area contributed by atoms with Crippen LogP contribution in [0.15, 0.2) is 34.9 Å². The van der Waals surface area contributed by atoms with Crippen molar-refractivity contribution >= 4 is 27.5 Å². The maximum atomic E-state index is 5.85. The molecule has 1 aromatic heterocycles. The molecule has 0 atom stereocenters. The second-order valence-electron chi connectivity index (χ2n) is 3.96. The van der Waals surface area contributed by atoms with Gasteiger partial charge in [-0.2, -0.15) is 0 Å². The number of hydrogen-bond donors (Lipinski definition) is 1. The number of halogens is 2. The van der Waals surface area contributed by atoms with Gasteiger partial charge in [0.15, 0.2) is 11.5 Å². The predicted molar refractivity (Wildman–Crippen MR) is 82.5 cm³/mol. The molecule has 1 aromatic carbocycles. The van der Waals surface area contributed by atoms with E-state index < -0.39 is 0 Å². The van der Waals surface area contributed by atoms with Crippen LogP contribution >= 0.6 is 27.5 Å². The summed E-state index contributed by atoms with van der Waals surface area (Å²) in [6, 6.07) is 7.29. The van der Waals surface area contributed by atoms with E-state index in [9.17, 15) is 0 Å². The van der Waals surface area contributed by atoms with Crippen molar-refractivity contribution in [3.05, 3.63) is 45.5 Å². The Kier molecular flexibility index (Phi) is 5.23. The summed E-state index contributed by atoms with van der Waals surface area (Å²) in [5.41, 5.74) is 6.60. The summed E-state index contributed by atoms with van der Waals surface area (Å²) in [4.78, 5) is 4.14. The molecule has 20 heavy (non-hydrogen) atoms. The minimum atomic E-state index is 0.427. The largest absolute Gasteiger partial charge is 0.490 e. The minimum Gasteiger partial charge on any atom is -0.490 e. The first-order valence-electron chi connectivity index (χ1n) is 6.08. The van der Waals surface area contributed by atoms with Gasteiger partial charge >= 0.3 is 0 Å². The Morgan fingerprint density at radius 3 is 2.75 bits per heavy atom. The molecule has 2 N–H and O–H groups in total. The zero-order valence-corrected chi connectivity index (χ0v) is 13.2. The molecule has 0 bridgehead atoms. The topological polar surface area (TPSA) is 57.4 Å². The monoisotopic (exact) mass is 356 g/mol. The van der Waals surface area contributed by atoms with Crippen LogP contribution in [0.25, 0.3) is 0 Å². The van der Waals surface area contributed by atoms with E-state index in [0.29, 0.717) is 40.0 Å². The normalized spacial score (nSPS) is 10.4. The third-order valence-corrected chi connectivity index (χ3v) is 3.30. The van der Waals surface area contributed by atoms with E-state index in [2.05, 4.69) is 20.9 Å². The van der Waals surface area contributed by atoms with Gasteiger partial charge in [0, 0.05) is 12.7 Å². The van der Waals surface area contributed by atoms with Gasteiger partial charge in [-0.25, -0.2) is 4.98 Å². The molecule has 0 saturated heterocycles. The van der Waals surface area contributed by atoms with E-state index >= 15 is 0 Å². The minimum absolute atomic E-state index is 0.427. The highest BCUT2D eigenvalue weighted by atomic mass is 79.9. The molecular weight excluding hydrogens is 344 g/mol. The third-order valence-electron chi connectivity index (χ3n) is 2.52. The Hall–Kier alpha value is -1.30. The molecule has 0 fully saturated rings. The highest BCUT2D eigenvalue weighted by Crippen LogP contribution is 2.35. The predicted octanol–water partition coefficient (Wildman–Crippen LogP) is 4.15. The fourth-order valence-electron chi connectivity index (χ4n) is 1.61. The molecule has 0 saturated carbocycles. The van der Waals surface area contributed by atoms with E-state index in [1.807, 2.05) is 25.1 Å². The number of pyridine rings is 1. The van der Waals surface area contributed by atoms with Crippen LogP contribution in [0, 0.1) is 0 Å². The average molecular weight is 358 g/mol. The van der Waals surface area contributed by atoms with Gasteiger partial charge in [-0.3, -0.25) is 0 Å². The van der Waals surface area contributed by atoms with E-state index in [1.54, 1.807) is 6.07 Å². The molecule has 4 nitrogen and oxygen atoms in total. The van der Waals surface area contributed by atoms with Crippen molar-refractivity contribution in [1.29, 1.82) is 0 Å². The lowest BCUT2D eigenvalue weighted by Gasteiger charge is -2.13. The number of nitrogens with zero attached hydrogens (tertiary/aromatic N) is 1. The van der Waals surface area contributed by atoms with Crippen molar-refractivity contribution in [2.75, 3.05) is 6.61 Å². The van der Waals surface area contributed by atoms with Gasteiger partial charge in [0.05, 0.1) is 16.1 Å². The Balaban J connectivity index is 2.32. The average Bonchev–Trinajstić information content (AvgIpc) is 2.43. The van der Waals surface area contributed by atoms with Crippen molar-refractivity contribution in [2.45, 2.75) is 13.5 Å². The van der Waals surface area contributed by atoms with Gasteiger partial charge in [-0.15, -0.1) is 0 Å². The van der Waals surface area contributed by atoms with Crippen LogP contribution in [0.5, 0.6) is 17.4 Å². The fraction of sp³-hybridized carbons (Fsp3) is 0.214. The lowest BCUT2D eigenvalue weighted by Crippen LogP contribution is -2.00. The SMILES string of the molecule is CCOc1cc(CN)ccc1Oc1ncc(Cl)cc1Br.